The first-order chi connectivity index (χ1) is 6.22. The zero-order valence-corrected chi connectivity index (χ0v) is 8.97. The van der Waals surface area contributed by atoms with Gasteiger partial charge in [-0.15, -0.1) is 5.92 Å². The van der Waals surface area contributed by atoms with Crippen LogP contribution in [-0.4, -0.2) is 13.2 Å². The SMILES string of the molecule is CO[C@H]1CCC[C@@H](C#CC(C)C)C1. The average molecular weight is 180 g/mol. The van der Waals surface area contributed by atoms with Crippen LogP contribution in [0.25, 0.3) is 0 Å². The maximum Gasteiger partial charge on any atom is 0.0583 e. The highest BCUT2D eigenvalue weighted by Gasteiger charge is 2.19. The van der Waals surface area contributed by atoms with Crippen molar-refractivity contribution in [3.05, 3.63) is 0 Å². The fourth-order valence-corrected chi connectivity index (χ4v) is 1.77. The predicted molar refractivity (Wildman–Crippen MR) is 55.4 cm³/mol. The van der Waals surface area contributed by atoms with Gasteiger partial charge in [-0.1, -0.05) is 19.8 Å². The van der Waals surface area contributed by atoms with Crippen molar-refractivity contribution in [2.45, 2.75) is 45.6 Å². The van der Waals surface area contributed by atoms with Gasteiger partial charge in [0.15, 0.2) is 0 Å². The first-order valence-corrected chi connectivity index (χ1v) is 5.26. The molecule has 2 atom stereocenters. The molecule has 0 heterocycles. The van der Waals surface area contributed by atoms with Gasteiger partial charge in [0.25, 0.3) is 0 Å². The molecule has 1 aliphatic carbocycles. The quantitative estimate of drug-likeness (QED) is 0.564. The van der Waals surface area contributed by atoms with Gasteiger partial charge in [-0.2, -0.15) is 0 Å². The number of hydrogen-bond acceptors (Lipinski definition) is 1. The zero-order chi connectivity index (χ0) is 9.68. The lowest BCUT2D eigenvalue weighted by atomic mass is 9.87. The molecule has 1 rings (SSSR count). The Balaban J connectivity index is 2.39. The lowest BCUT2D eigenvalue weighted by molar-refractivity contribution is 0.0603. The summed E-state index contributed by atoms with van der Waals surface area (Å²) in [5.74, 6) is 7.70. The van der Waals surface area contributed by atoms with Crippen LogP contribution in [0, 0.1) is 23.7 Å². The van der Waals surface area contributed by atoms with E-state index in [4.69, 9.17) is 4.74 Å². The van der Waals surface area contributed by atoms with Gasteiger partial charge in [-0.25, -0.2) is 0 Å². The van der Waals surface area contributed by atoms with Crippen molar-refractivity contribution >= 4 is 0 Å². The molecule has 0 bridgehead atoms. The van der Waals surface area contributed by atoms with E-state index in [1.165, 1.54) is 19.3 Å². The molecule has 0 aromatic carbocycles. The summed E-state index contributed by atoms with van der Waals surface area (Å²) >= 11 is 0. The minimum absolute atomic E-state index is 0.459. The summed E-state index contributed by atoms with van der Waals surface area (Å²) in [7, 11) is 1.81. The van der Waals surface area contributed by atoms with Crippen LogP contribution < -0.4 is 0 Å². The molecule has 74 valence electrons. The molecule has 0 N–H and O–H groups in total. The highest BCUT2D eigenvalue weighted by Crippen LogP contribution is 2.25. The molecule has 0 spiro atoms. The molecule has 1 heteroatoms. The molecule has 0 radical (unpaired) electrons. The van der Waals surface area contributed by atoms with E-state index in [0.29, 0.717) is 17.9 Å². The summed E-state index contributed by atoms with van der Waals surface area (Å²) in [6, 6.07) is 0. The summed E-state index contributed by atoms with van der Waals surface area (Å²) in [5.41, 5.74) is 0. The van der Waals surface area contributed by atoms with Gasteiger partial charge in [0.05, 0.1) is 6.10 Å². The van der Waals surface area contributed by atoms with E-state index < -0.39 is 0 Å². The highest BCUT2D eigenvalue weighted by atomic mass is 16.5. The van der Waals surface area contributed by atoms with Crippen molar-refractivity contribution in [1.82, 2.24) is 0 Å². The lowest BCUT2D eigenvalue weighted by Crippen LogP contribution is -2.20. The maximum atomic E-state index is 5.36. The van der Waals surface area contributed by atoms with Crippen molar-refractivity contribution in [3.8, 4) is 11.8 Å². The number of rotatable bonds is 1. The van der Waals surface area contributed by atoms with E-state index in [1.807, 2.05) is 7.11 Å². The summed E-state index contributed by atoms with van der Waals surface area (Å²) in [6.45, 7) is 4.28. The van der Waals surface area contributed by atoms with Gasteiger partial charge >= 0.3 is 0 Å². The molecule has 13 heavy (non-hydrogen) atoms. The molecule has 0 amide bonds. The Morgan fingerprint density at radius 3 is 2.69 bits per heavy atom. The van der Waals surface area contributed by atoms with Crippen molar-refractivity contribution < 1.29 is 4.74 Å². The zero-order valence-electron chi connectivity index (χ0n) is 8.97. The van der Waals surface area contributed by atoms with E-state index >= 15 is 0 Å². The molecular weight excluding hydrogens is 160 g/mol. The second-order valence-electron chi connectivity index (χ2n) is 4.16. The van der Waals surface area contributed by atoms with Crippen LogP contribution in [0.5, 0.6) is 0 Å². The molecule has 1 fully saturated rings. The Labute approximate surface area is 81.9 Å². The summed E-state index contributed by atoms with van der Waals surface area (Å²) in [6.07, 6.45) is 5.35. The smallest absolute Gasteiger partial charge is 0.0583 e. The van der Waals surface area contributed by atoms with Gasteiger partial charge in [0, 0.05) is 18.9 Å². The third-order valence-electron chi connectivity index (χ3n) is 2.54. The van der Waals surface area contributed by atoms with Gasteiger partial charge in [0.2, 0.25) is 0 Å². The third-order valence-corrected chi connectivity index (χ3v) is 2.54. The molecule has 0 aliphatic heterocycles. The maximum absolute atomic E-state index is 5.36. The van der Waals surface area contributed by atoms with Crippen LogP contribution >= 0.6 is 0 Å². The van der Waals surface area contributed by atoms with E-state index in [1.54, 1.807) is 0 Å². The number of hydrogen-bond donors (Lipinski definition) is 0. The Morgan fingerprint density at radius 2 is 2.08 bits per heavy atom. The summed E-state index contributed by atoms with van der Waals surface area (Å²) in [5, 5.41) is 0. The second-order valence-corrected chi connectivity index (χ2v) is 4.16. The summed E-state index contributed by atoms with van der Waals surface area (Å²) in [4.78, 5) is 0. The largest absolute Gasteiger partial charge is 0.381 e. The van der Waals surface area contributed by atoms with Crippen LogP contribution in [0.4, 0.5) is 0 Å². The molecule has 0 aromatic heterocycles. The summed E-state index contributed by atoms with van der Waals surface area (Å²) < 4.78 is 5.36. The van der Waals surface area contributed by atoms with Crippen LogP contribution in [0.1, 0.15) is 39.5 Å². The fourth-order valence-electron chi connectivity index (χ4n) is 1.77. The van der Waals surface area contributed by atoms with E-state index in [0.717, 1.165) is 6.42 Å². The molecule has 1 aliphatic rings. The standard InChI is InChI=1S/C12H20O/c1-10(2)7-8-11-5-4-6-12(9-11)13-3/h10-12H,4-6,9H2,1-3H3/t11-,12-/m0/s1. The Bertz CT molecular complexity index is 197. The van der Waals surface area contributed by atoms with Gasteiger partial charge in [-0.05, 0) is 25.7 Å². The first kappa shape index (κ1) is 10.6. The first-order valence-electron chi connectivity index (χ1n) is 5.26. The predicted octanol–water partition coefficient (Wildman–Crippen LogP) is 2.85. The molecule has 1 saturated carbocycles. The van der Waals surface area contributed by atoms with Crippen LogP contribution in [0.15, 0.2) is 0 Å². The van der Waals surface area contributed by atoms with Crippen LogP contribution in [-0.2, 0) is 4.74 Å². The van der Waals surface area contributed by atoms with Crippen LogP contribution in [0.3, 0.4) is 0 Å². The minimum Gasteiger partial charge on any atom is -0.381 e. The fraction of sp³-hybridized carbons (Fsp3) is 0.833. The highest BCUT2D eigenvalue weighted by molar-refractivity contribution is 5.06. The second kappa shape index (κ2) is 5.29. The van der Waals surface area contributed by atoms with Crippen molar-refractivity contribution in [2.75, 3.05) is 7.11 Å². The topological polar surface area (TPSA) is 9.23 Å². The third kappa shape index (κ3) is 3.83. The Morgan fingerprint density at radius 1 is 1.31 bits per heavy atom. The number of methoxy groups -OCH3 is 1. The van der Waals surface area contributed by atoms with E-state index in [2.05, 4.69) is 25.7 Å². The van der Waals surface area contributed by atoms with E-state index in [9.17, 15) is 0 Å². The molecule has 0 saturated heterocycles. The van der Waals surface area contributed by atoms with Crippen molar-refractivity contribution in [3.63, 3.8) is 0 Å². The molecule has 0 aromatic rings. The average Bonchev–Trinajstić information content (AvgIpc) is 2.15. The van der Waals surface area contributed by atoms with Gasteiger partial charge in [-0.3, -0.25) is 0 Å². The molecule has 1 nitrogen and oxygen atoms in total. The Hall–Kier alpha value is -0.480. The van der Waals surface area contributed by atoms with Crippen molar-refractivity contribution in [2.24, 2.45) is 11.8 Å². The normalized spacial score (nSPS) is 28.3. The van der Waals surface area contributed by atoms with Crippen LogP contribution in [0.2, 0.25) is 0 Å². The van der Waals surface area contributed by atoms with Gasteiger partial charge in [0.1, 0.15) is 0 Å². The van der Waals surface area contributed by atoms with E-state index in [-0.39, 0.29) is 0 Å². The van der Waals surface area contributed by atoms with Gasteiger partial charge < -0.3 is 4.74 Å². The molecule has 0 unspecified atom stereocenters. The number of ether oxygens (including phenoxy) is 1. The lowest BCUT2D eigenvalue weighted by Gasteiger charge is -2.24. The Kier molecular flexibility index (Phi) is 4.32. The van der Waals surface area contributed by atoms with Crippen molar-refractivity contribution in [1.29, 1.82) is 0 Å². The monoisotopic (exact) mass is 180 g/mol. The minimum atomic E-state index is 0.459. The molecular formula is C12H20O.